The molecule has 3 N–H and O–H groups in total. The van der Waals surface area contributed by atoms with E-state index in [1.165, 1.54) is 0 Å². The molecule has 25 heavy (non-hydrogen) atoms. The molecule has 0 bridgehead atoms. The maximum atomic E-state index is 13.6. The van der Waals surface area contributed by atoms with Gasteiger partial charge in [0.2, 0.25) is 5.78 Å². The van der Waals surface area contributed by atoms with E-state index in [0.29, 0.717) is 16.5 Å². The van der Waals surface area contributed by atoms with E-state index in [4.69, 9.17) is 20.6 Å². The van der Waals surface area contributed by atoms with Crippen LogP contribution in [0.3, 0.4) is 0 Å². The van der Waals surface area contributed by atoms with Gasteiger partial charge in [0.25, 0.3) is 0 Å². The molecule has 128 valence electrons. The summed E-state index contributed by atoms with van der Waals surface area (Å²) < 4.78 is 25.2. The van der Waals surface area contributed by atoms with E-state index in [1.807, 2.05) is 36.4 Å². The molecule has 3 rings (SSSR count). The quantitative estimate of drug-likeness (QED) is 0.622. The number of para-hydroxylation sites is 2. The Morgan fingerprint density at radius 2 is 1.20 bits per heavy atom. The van der Waals surface area contributed by atoms with Crippen LogP contribution in [0.2, 0.25) is 5.02 Å². The highest BCUT2D eigenvalue weighted by Gasteiger charge is 2.41. The van der Waals surface area contributed by atoms with Crippen molar-refractivity contribution in [3.05, 3.63) is 95.5 Å². The summed E-state index contributed by atoms with van der Waals surface area (Å²) >= 11 is 5.94. The van der Waals surface area contributed by atoms with E-state index in [9.17, 15) is 4.57 Å². The van der Waals surface area contributed by atoms with Crippen molar-refractivity contribution >= 4 is 19.2 Å². The summed E-state index contributed by atoms with van der Waals surface area (Å²) in [4.78, 5) is 0. The van der Waals surface area contributed by atoms with Crippen LogP contribution in [0.25, 0.3) is 0 Å². The Kier molecular flexibility index (Phi) is 5.44. The van der Waals surface area contributed by atoms with E-state index in [1.54, 1.807) is 48.5 Å². The van der Waals surface area contributed by atoms with Crippen molar-refractivity contribution < 1.29 is 19.3 Å². The molecule has 0 fully saturated rings. The molecule has 0 aliphatic carbocycles. The zero-order valence-corrected chi connectivity index (χ0v) is 15.1. The number of rotatable bonds is 6. The second kappa shape index (κ2) is 7.75. The Labute approximate surface area is 151 Å². The van der Waals surface area contributed by atoms with Gasteiger partial charge in [-0.25, -0.2) is 4.57 Å². The molecule has 4 nitrogen and oxygen atoms in total. The molecule has 3 aromatic rings. The molecule has 0 heterocycles. The van der Waals surface area contributed by atoms with Crippen molar-refractivity contribution in [3.63, 3.8) is 0 Å². The van der Waals surface area contributed by atoms with Crippen LogP contribution in [0.15, 0.2) is 84.9 Å². The molecule has 0 spiro atoms. The molecule has 0 aliphatic rings. The van der Waals surface area contributed by atoms with Crippen molar-refractivity contribution in [3.8, 4) is 11.5 Å². The molecule has 0 aromatic heterocycles. The summed E-state index contributed by atoms with van der Waals surface area (Å²) in [5.41, 5.74) is 4.77. The van der Waals surface area contributed by atoms with Gasteiger partial charge in [-0.3, -0.25) is 0 Å². The predicted molar refractivity (Wildman–Crippen MR) is 98.8 cm³/mol. The monoisotopic (exact) mass is 374 g/mol. The zero-order valence-electron chi connectivity index (χ0n) is 13.4. The minimum Gasteiger partial charge on any atom is -0.412 e. The van der Waals surface area contributed by atoms with Crippen LogP contribution in [-0.2, 0) is 4.57 Å². The van der Waals surface area contributed by atoms with Gasteiger partial charge >= 0.3 is 7.60 Å². The number of halogens is 1. The molecule has 0 unspecified atom stereocenters. The van der Waals surface area contributed by atoms with Crippen molar-refractivity contribution in [2.75, 3.05) is 0 Å². The largest absolute Gasteiger partial charge is 0.492 e. The van der Waals surface area contributed by atoms with Crippen LogP contribution in [0.1, 0.15) is 11.3 Å². The normalized spacial score (nSPS) is 12.4. The first-order valence-electron chi connectivity index (χ1n) is 7.74. The maximum Gasteiger partial charge on any atom is 0.492 e. The minimum absolute atomic E-state index is 0.462. The summed E-state index contributed by atoms with van der Waals surface area (Å²) in [6, 6.07) is 24.9. The van der Waals surface area contributed by atoms with Gasteiger partial charge in [0.15, 0.2) is 0 Å². The Hall–Kier alpha value is -2.26. The van der Waals surface area contributed by atoms with E-state index in [-0.39, 0.29) is 0 Å². The highest BCUT2D eigenvalue weighted by atomic mass is 35.5. The zero-order chi connectivity index (χ0) is 17.7. The van der Waals surface area contributed by atoms with Crippen molar-refractivity contribution in [1.29, 1.82) is 0 Å². The number of hydrogen-bond donors (Lipinski definition) is 1. The Morgan fingerprint density at radius 1 is 0.760 bits per heavy atom. The lowest BCUT2D eigenvalue weighted by Gasteiger charge is -2.23. The van der Waals surface area contributed by atoms with Crippen LogP contribution in [0, 0.1) is 0 Å². The number of benzene rings is 3. The fourth-order valence-electron chi connectivity index (χ4n) is 2.27. The smallest absolute Gasteiger partial charge is 0.412 e. The number of hydrogen-bond acceptors (Lipinski definition) is 3. The van der Waals surface area contributed by atoms with E-state index in [2.05, 4.69) is 5.73 Å². The van der Waals surface area contributed by atoms with Crippen LogP contribution in [0.5, 0.6) is 11.5 Å². The van der Waals surface area contributed by atoms with E-state index >= 15 is 0 Å². The number of quaternary nitrogens is 1. The van der Waals surface area contributed by atoms with Crippen LogP contribution < -0.4 is 14.8 Å². The fourth-order valence-corrected chi connectivity index (χ4v) is 4.06. The van der Waals surface area contributed by atoms with Crippen LogP contribution in [-0.4, -0.2) is 0 Å². The Bertz CT molecular complexity index is 811. The van der Waals surface area contributed by atoms with Crippen molar-refractivity contribution in [2.45, 2.75) is 5.78 Å². The summed E-state index contributed by atoms with van der Waals surface area (Å²) in [6.45, 7) is 0. The van der Waals surface area contributed by atoms with Crippen molar-refractivity contribution in [1.82, 2.24) is 0 Å². The molecule has 0 radical (unpaired) electrons. The minimum atomic E-state index is -3.65. The first kappa shape index (κ1) is 17.6. The topological polar surface area (TPSA) is 63.2 Å². The summed E-state index contributed by atoms with van der Waals surface area (Å²) in [5.74, 6) is 0.207. The Balaban J connectivity index is 1.95. The highest BCUT2D eigenvalue weighted by Crippen LogP contribution is 2.56. The van der Waals surface area contributed by atoms with E-state index < -0.39 is 13.4 Å². The van der Waals surface area contributed by atoms with Gasteiger partial charge in [0.05, 0.1) is 0 Å². The molecule has 6 heteroatoms. The maximum absolute atomic E-state index is 13.6. The molecule has 0 aliphatic heterocycles. The van der Waals surface area contributed by atoms with Gasteiger partial charge in [-0.2, -0.15) is 0 Å². The third-order valence-electron chi connectivity index (χ3n) is 3.59. The molecule has 0 saturated heterocycles. The Morgan fingerprint density at radius 3 is 1.64 bits per heavy atom. The lowest BCUT2D eigenvalue weighted by molar-refractivity contribution is -0.398. The summed E-state index contributed by atoms with van der Waals surface area (Å²) in [5, 5.41) is 0.596. The van der Waals surface area contributed by atoms with Gasteiger partial charge in [-0.1, -0.05) is 60.1 Å². The van der Waals surface area contributed by atoms with Crippen LogP contribution >= 0.6 is 19.2 Å². The molecular formula is C19H18ClNO3P+. The lowest BCUT2D eigenvalue weighted by atomic mass is 10.2. The standard InChI is InChI=1S/C19H17ClNO3P/c20-16-13-11-15(12-14-16)19(21)25(22,23-17-7-3-1-4-8-17)24-18-9-5-2-6-10-18/h1-14,19H,21H2/p+1/t19-/m0/s1. The SMILES string of the molecule is [NH3+][C@H](c1ccc(Cl)cc1)P(=O)(Oc1ccccc1)Oc1ccccc1. The second-order valence-electron chi connectivity index (χ2n) is 5.42. The summed E-state index contributed by atoms with van der Waals surface area (Å²) in [7, 11) is -3.65. The third kappa shape index (κ3) is 4.43. The average molecular weight is 375 g/mol. The highest BCUT2D eigenvalue weighted by molar-refractivity contribution is 7.54. The molecule has 0 amide bonds. The molecule has 1 atom stereocenters. The molecule has 0 saturated carbocycles. The van der Waals surface area contributed by atoms with Crippen LogP contribution in [0.4, 0.5) is 0 Å². The van der Waals surface area contributed by atoms with Gasteiger partial charge in [-0.15, -0.1) is 0 Å². The first-order chi connectivity index (χ1) is 12.1. The van der Waals surface area contributed by atoms with Gasteiger partial charge in [0.1, 0.15) is 11.5 Å². The van der Waals surface area contributed by atoms with Crippen molar-refractivity contribution in [2.24, 2.45) is 0 Å². The third-order valence-corrected chi connectivity index (χ3v) is 5.83. The van der Waals surface area contributed by atoms with Gasteiger partial charge in [0, 0.05) is 10.6 Å². The van der Waals surface area contributed by atoms with Gasteiger partial charge < -0.3 is 14.8 Å². The average Bonchev–Trinajstić information content (AvgIpc) is 2.63. The molecule has 3 aromatic carbocycles. The fraction of sp³-hybridized carbons (Fsp3) is 0.0526. The predicted octanol–water partition coefficient (Wildman–Crippen LogP) is 4.93. The van der Waals surface area contributed by atoms with E-state index in [0.717, 1.165) is 5.56 Å². The lowest BCUT2D eigenvalue weighted by Crippen LogP contribution is -2.54. The second-order valence-corrected chi connectivity index (χ2v) is 7.92. The summed E-state index contributed by atoms with van der Waals surface area (Å²) in [6.07, 6.45) is 0. The first-order valence-corrected chi connectivity index (χ1v) is 9.73. The molecular weight excluding hydrogens is 357 g/mol. The van der Waals surface area contributed by atoms with Gasteiger partial charge in [-0.05, 0) is 36.4 Å².